The summed E-state index contributed by atoms with van der Waals surface area (Å²) in [6.45, 7) is 3.18. The van der Waals surface area contributed by atoms with Crippen molar-refractivity contribution in [3.05, 3.63) is 35.8 Å². The minimum absolute atomic E-state index is 0.896. The van der Waals surface area contributed by atoms with Gasteiger partial charge in [-0.3, -0.25) is 0 Å². The smallest absolute Gasteiger partial charge is 0.118 e. The number of hydrogen-bond acceptors (Lipinski definition) is 2. The van der Waals surface area contributed by atoms with Crippen molar-refractivity contribution < 1.29 is 4.74 Å². The zero-order chi connectivity index (χ0) is 11.8. The zero-order valence-corrected chi connectivity index (χ0v) is 10.2. The maximum Gasteiger partial charge on any atom is 0.118 e. The number of nitrogens with zero attached hydrogens (tertiary/aromatic N) is 2. The van der Waals surface area contributed by atoms with Crippen LogP contribution in [0.25, 0.3) is 11.3 Å². The standard InChI is InChI=1S/C14H16N2O/c1-10-14(16-9-3-4-13(16)15-10)11-5-7-12(17-2)8-6-11/h5-8H,3-4,9H2,1-2H3. The number of imidazole rings is 1. The third kappa shape index (κ3) is 1.62. The quantitative estimate of drug-likeness (QED) is 0.790. The minimum Gasteiger partial charge on any atom is -0.497 e. The summed E-state index contributed by atoms with van der Waals surface area (Å²) in [4.78, 5) is 4.64. The van der Waals surface area contributed by atoms with Crippen LogP contribution in [0.2, 0.25) is 0 Å². The molecule has 0 aliphatic carbocycles. The Morgan fingerprint density at radius 1 is 1.24 bits per heavy atom. The summed E-state index contributed by atoms with van der Waals surface area (Å²) in [5.41, 5.74) is 3.62. The molecule has 0 saturated carbocycles. The topological polar surface area (TPSA) is 27.1 Å². The van der Waals surface area contributed by atoms with Gasteiger partial charge < -0.3 is 9.30 Å². The highest BCUT2D eigenvalue weighted by Crippen LogP contribution is 2.29. The van der Waals surface area contributed by atoms with Crippen LogP contribution in [-0.4, -0.2) is 16.7 Å². The second kappa shape index (κ2) is 3.91. The number of aromatic nitrogens is 2. The molecule has 0 radical (unpaired) electrons. The molecule has 1 aliphatic heterocycles. The van der Waals surface area contributed by atoms with Gasteiger partial charge in [0.25, 0.3) is 0 Å². The second-order valence-corrected chi connectivity index (χ2v) is 4.45. The Kier molecular flexibility index (Phi) is 2.39. The van der Waals surface area contributed by atoms with E-state index in [1.165, 1.54) is 23.5 Å². The van der Waals surface area contributed by atoms with Crippen molar-refractivity contribution in [2.45, 2.75) is 26.3 Å². The second-order valence-electron chi connectivity index (χ2n) is 4.45. The summed E-state index contributed by atoms with van der Waals surface area (Å²) in [6.07, 6.45) is 2.32. The predicted molar refractivity (Wildman–Crippen MR) is 67.3 cm³/mol. The van der Waals surface area contributed by atoms with Gasteiger partial charge >= 0.3 is 0 Å². The van der Waals surface area contributed by atoms with Crippen molar-refractivity contribution in [2.24, 2.45) is 0 Å². The molecule has 0 atom stereocenters. The largest absolute Gasteiger partial charge is 0.497 e. The van der Waals surface area contributed by atoms with Crippen LogP contribution >= 0.6 is 0 Å². The van der Waals surface area contributed by atoms with E-state index in [0.29, 0.717) is 0 Å². The lowest BCUT2D eigenvalue weighted by Crippen LogP contribution is -1.96. The Labute approximate surface area is 101 Å². The molecule has 0 fully saturated rings. The highest BCUT2D eigenvalue weighted by atomic mass is 16.5. The van der Waals surface area contributed by atoms with Gasteiger partial charge in [-0.25, -0.2) is 4.98 Å². The van der Waals surface area contributed by atoms with Crippen molar-refractivity contribution in [3.63, 3.8) is 0 Å². The van der Waals surface area contributed by atoms with Crippen molar-refractivity contribution in [3.8, 4) is 17.0 Å². The van der Waals surface area contributed by atoms with Gasteiger partial charge in [0, 0.05) is 18.5 Å². The summed E-state index contributed by atoms with van der Waals surface area (Å²) in [5.74, 6) is 2.13. The molecule has 0 bridgehead atoms. The van der Waals surface area contributed by atoms with E-state index in [4.69, 9.17) is 4.74 Å². The first-order valence-electron chi connectivity index (χ1n) is 6.00. The average Bonchev–Trinajstić information content (AvgIpc) is 2.89. The van der Waals surface area contributed by atoms with E-state index in [-0.39, 0.29) is 0 Å². The highest BCUT2D eigenvalue weighted by Gasteiger charge is 2.19. The van der Waals surface area contributed by atoms with E-state index in [2.05, 4.69) is 28.6 Å². The lowest BCUT2D eigenvalue weighted by molar-refractivity contribution is 0.415. The van der Waals surface area contributed by atoms with Crippen LogP contribution in [0, 0.1) is 6.92 Å². The number of fused-ring (bicyclic) bond motifs is 1. The van der Waals surface area contributed by atoms with Gasteiger partial charge in [-0.1, -0.05) is 0 Å². The number of hydrogen-bond donors (Lipinski definition) is 0. The molecule has 0 spiro atoms. The molecule has 17 heavy (non-hydrogen) atoms. The molecule has 2 heterocycles. The SMILES string of the molecule is COc1ccc(-c2c(C)nc3n2CCC3)cc1. The van der Waals surface area contributed by atoms with E-state index in [1.807, 2.05) is 12.1 Å². The molecule has 0 unspecified atom stereocenters. The molecule has 1 aromatic carbocycles. The van der Waals surface area contributed by atoms with Crippen molar-refractivity contribution in [1.82, 2.24) is 9.55 Å². The third-order valence-corrected chi connectivity index (χ3v) is 3.37. The van der Waals surface area contributed by atoms with E-state index in [1.54, 1.807) is 7.11 Å². The Bertz CT molecular complexity index is 540. The maximum atomic E-state index is 5.19. The Morgan fingerprint density at radius 2 is 2.00 bits per heavy atom. The number of ether oxygens (including phenoxy) is 1. The van der Waals surface area contributed by atoms with Gasteiger partial charge in [0.15, 0.2) is 0 Å². The summed E-state index contributed by atoms with van der Waals surface area (Å²) in [7, 11) is 1.69. The van der Waals surface area contributed by atoms with Crippen molar-refractivity contribution in [2.75, 3.05) is 7.11 Å². The normalized spacial score (nSPS) is 13.8. The van der Waals surface area contributed by atoms with Crippen LogP contribution in [0.5, 0.6) is 5.75 Å². The first-order valence-corrected chi connectivity index (χ1v) is 6.00. The Balaban J connectivity index is 2.08. The fraction of sp³-hybridized carbons (Fsp3) is 0.357. The lowest BCUT2D eigenvalue weighted by atomic mass is 10.1. The maximum absolute atomic E-state index is 5.19. The molecule has 1 aliphatic rings. The first-order chi connectivity index (χ1) is 8.29. The van der Waals surface area contributed by atoms with E-state index >= 15 is 0 Å². The predicted octanol–water partition coefficient (Wildman–Crippen LogP) is 2.81. The van der Waals surface area contributed by atoms with Crippen LogP contribution in [0.3, 0.4) is 0 Å². The lowest BCUT2D eigenvalue weighted by Gasteiger charge is -2.07. The summed E-state index contributed by atoms with van der Waals surface area (Å²) < 4.78 is 7.53. The first kappa shape index (κ1) is 10.4. The van der Waals surface area contributed by atoms with E-state index in [0.717, 1.165) is 24.4 Å². The Hall–Kier alpha value is -1.77. The number of methoxy groups -OCH3 is 1. The number of rotatable bonds is 2. The van der Waals surface area contributed by atoms with Crippen molar-refractivity contribution >= 4 is 0 Å². The number of aryl methyl sites for hydroxylation is 2. The fourth-order valence-corrected chi connectivity index (χ4v) is 2.57. The molecule has 88 valence electrons. The van der Waals surface area contributed by atoms with Gasteiger partial charge in [0.2, 0.25) is 0 Å². The van der Waals surface area contributed by atoms with Crippen LogP contribution in [0.15, 0.2) is 24.3 Å². The van der Waals surface area contributed by atoms with Crippen LogP contribution in [0.4, 0.5) is 0 Å². The van der Waals surface area contributed by atoms with Gasteiger partial charge in [0.05, 0.1) is 18.5 Å². The zero-order valence-electron chi connectivity index (χ0n) is 10.2. The van der Waals surface area contributed by atoms with E-state index < -0.39 is 0 Å². The van der Waals surface area contributed by atoms with Crippen molar-refractivity contribution in [1.29, 1.82) is 0 Å². The van der Waals surface area contributed by atoms with Gasteiger partial charge in [-0.2, -0.15) is 0 Å². The number of benzene rings is 1. The van der Waals surface area contributed by atoms with Gasteiger partial charge in [0.1, 0.15) is 11.6 Å². The molecule has 0 N–H and O–H groups in total. The van der Waals surface area contributed by atoms with Gasteiger partial charge in [-0.15, -0.1) is 0 Å². The molecule has 3 rings (SSSR count). The monoisotopic (exact) mass is 228 g/mol. The van der Waals surface area contributed by atoms with E-state index in [9.17, 15) is 0 Å². The third-order valence-electron chi connectivity index (χ3n) is 3.37. The summed E-state index contributed by atoms with van der Waals surface area (Å²) >= 11 is 0. The van der Waals surface area contributed by atoms with Gasteiger partial charge in [-0.05, 0) is 37.6 Å². The summed E-state index contributed by atoms with van der Waals surface area (Å²) in [6, 6.07) is 8.22. The highest BCUT2D eigenvalue weighted by molar-refractivity contribution is 5.64. The molecule has 3 nitrogen and oxygen atoms in total. The molecule has 2 aromatic rings. The van der Waals surface area contributed by atoms with Crippen LogP contribution < -0.4 is 4.74 Å². The summed E-state index contributed by atoms with van der Waals surface area (Å²) in [5, 5.41) is 0. The molecule has 1 aromatic heterocycles. The van der Waals surface area contributed by atoms with Crippen LogP contribution in [-0.2, 0) is 13.0 Å². The molecule has 3 heteroatoms. The fourth-order valence-electron chi connectivity index (χ4n) is 2.57. The molecular weight excluding hydrogens is 212 g/mol. The molecule has 0 saturated heterocycles. The minimum atomic E-state index is 0.896. The van der Waals surface area contributed by atoms with Crippen LogP contribution in [0.1, 0.15) is 17.9 Å². The molecular formula is C14H16N2O. The average molecular weight is 228 g/mol. The Morgan fingerprint density at radius 3 is 2.71 bits per heavy atom. The molecule has 0 amide bonds.